The van der Waals surface area contributed by atoms with Crippen LogP contribution >= 0.6 is 0 Å². The molecule has 3 heteroatoms. The van der Waals surface area contributed by atoms with Gasteiger partial charge < -0.3 is 14.8 Å². The summed E-state index contributed by atoms with van der Waals surface area (Å²) in [4.78, 5) is 0. The lowest BCUT2D eigenvalue weighted by molar-refractivity contribution is -0.0172. The first-order valence-corrected chi connectivity index (χ1v) is 7.50. The zero-order valence-corrected chi connectivity index (χ0v) is 12.6. The van der Waals surface area contributed by atoms with Crippen LogP contribution in [0, 0.1) is 0 Å². The first kappa shape index (κ1) is 15.9. The van der Waals surface area contributed by atoms with Crippen LogP contribution in [0.4, 0.5) is 0 Å². The molecular formula is C15H31NO2. The van der Waals surface area contributed by atoms with Gasteiger partial charge in [-0.3, -0.25) is 0 Å². The van der Waals surface area contributed by atoms with E-state index in [4.69, 9.17) is 9.47 Å². The summed E-state index contributed by atoms with van der Waals surface area (Å²) in [5.41, 5.74) is -0.0456. The van der Waals surface area contributed by atoms with Crippen LogP contribution in [0.25, 0.3) is 0 Å². The van der Waals surface area contributed by atoms with Crippen molar-refractivity contribution in [2.24, 2.45) is 0 Å². The molecule has 1 saturated heterocycles. The molecule has 1 heterocycles. The van der Waals surface area contributed by atoms with E-state index in [2.05, 4.69) is 33.0 Å². The van der Waals surface area contributed by atoms with Crippen molar-refractivity contribution in [3.8, 4) is 0 Å². The molecule has 0 amide bonds. The molecule has 0 aromatic carbocycles. The van der Waals surface area contributed by atoms with Gasteiger partial charge in [0.25, 0.3) is 0 Å². The Morgan fingerprint density at radius 2 is 2.17 bits per heavy atom. The normalized spacial score (nSPS) is 22.3. The van der Waals surface area contributed by atoms with E-state index < -0.39 is 0 Å². The van der Waals surface area contributed by atoms with E-state index in [1.807, 2.05) is 0 Å². The number of nitrogens with one attached hydrogen (secondary N) is 1. The Bertz CT molecular complexity index is 207. The zero-order valence-electron chi connectivity index (χ0n) is 12.6. The average Bonchev–Trinajstić information content (AvgIpc) is 2.79. The highest BCUT2D eigenvalue weighted by Gasteiger charge is 2.19. The minimum Gasteiger partial charge on any atom is -0.378 e. The molecule has 18 heavy (non-hydrogen) atoms. The number of ether oxygens (including phenoxy) is 2. The van der Waals surface area contributed by atoms with Gasteiger partial charge in [-0.05, 0) is 59.4 Å². The molecular weight excluding hydrogens is 226 g/mol. The van der Waals surface area contributed by atoms with Crippen molar-refractivity contribution in [3.05, 3.63) is 0 Å². The molecule has 1 fully saturated rings. The SMILES string of the molecule is CCCNC(CCC1CCCO1)COC(C)(C)C. The number of hydrogen-bond acceptors (Lipinski definition) is 3. The monoisotopic (exact) mass is 257 g/mol. The fourth-order valence-electron chi connectivity index (χ4n) is 2.20. The predicted octanol–water partition coefficient (Wildman–Crippen LogP) is 3.13. The van der Waals surface area contributed by atoms with Crippen LogP contribution in [-0.4, -0.2) is 37.5 Å². The van der Waals surface area contributed by atoms with Crippen molar-refractivity contribution >= 4 is 0 Å². The van der Waals surface area contributed by atoms with Crippen LogP contribution in [0.2, 0.25) is 0 Å². The van der Waals surface area contributed by atoms with Gasteiger partial charge in [0.1, 0.15) is 0 Å². The molecule has 0 radical (unpaired) electrons. The van der Waals surface area contributed by atoms with Crippen molar-refractivity contribution in [1.82, 2.24) is 5.32 Å². The summed E-state index contributed by atoms with van der Waals surface area (Å²) in [6.07, 6.45) is 6.45. The van der Waals surface area contributed by atoms with Crippen LogP contribution in [-0.2, 0) is 9.47 Å². The maximum absolute atomic E-state index is 5.90. The molecule has 2 unspecified atom stereocenters. The third kappa shape index (κ3) is 7.34. The number of hydrogen-bond donors (Lipinski definition) is 1. The summed E-state index contributed by atoms with van der Waals surface area (Å²) in [5.74, 6) is 0. The molecule has 1 aliphatic rings. The second kappa shape index (κ2) is 8.13. The third-order valence-corrected chi connectivity index (χ3v) is 3.26. The fraction of sp³-hybridized carbons (Fsp3) is 1.00. The quantitative estimate of drug-likeness (QED) is 0.724. The molecule has 0 saturated carbocycles. The average molecular weight is 257 g/mol. The van der Waals surface area contributed by atoms with Crippen molar-refractivity contribution in [1.29, 1.82) is 0 Å². The van der Waals surface area contributed by atoms with Gasteiger partial charge in [-0.1, -0.05) is 6.92 Å². The maximum atomic E-state index is 5.90. The lowest BCUT2D eigenvalue weighted by atomic mass is 10.1. The Balaban J connectivity index is 2.24. The van der Waals surface area contributed by atoms with Crippen molar-refractivity contribution < 1.29 is 9.47 Å². The minimum atomic E-state index is -0.0456. The van der Waals surface area contributed by atoms with E-state index in [0.29, 0.717) is 12.1 Å². The highest BCUT2D eigenvalue weighted by Crippen LogP contribution is 2.18. The first-order valence-electron chi connectivity index (χ1n) is 7.50. The lowest BCUT2D eigenvalue weighted by Gasteiger charge is -2.26. The van der Waals surface area contributed by atoms with Crippen LogP contribution in [0.1, 0.15) is 59.8 Å². The van der Waals surface area contributed by atoms with Crippen LogP contribution in [0.3, 0.4) is 0 Å². The largest absolute Gasteiger partial charge is 0.378 e. The fourth-order valence-corrected chi connectivity index (χ4v) is 2.20. The standard InChI is InChI=1S/C15H31NO2/c1-5-10-16-13(12-18-15(2,3)4)8-9-14-7-6-11-17-14/h13-14,16H,5-12H2,1-4H3. The molecule has 108 valence electrons. The summed E-state index contributed by atoms with van der Waals surface area (Å²) >= 11 is 0. The molecule has 0 spiro atoms. The Kier molecular flexibility index (Phi) is 7.20. The van der Waals surface area contributed by atoms with Crippen LogP contribution in [0.5, 0.6) is 0 Å². The van der Waals surface area contributed by atoms with Gasteiger partial charge in [0.05, 0.1) is 18.3 Å². The van der Waals surface area contributed by atoms with E-state index in [-0.39, 0.29) is 5.60 Å². The van der Waals surface area contributed by atoms with Gasteiger partial charge in [-0.15, -0.1) is 0 Å². The van der Waals surface area contributed by atoms with Crippen LogP contribution in [0.15, 0.2) is 0 Å². The van der Waals surface area contributed by atoms with Gasteiger partial charge in [0.15, 0.2) is 0 Å². The van der Waals surface area contributed by atoms with Gasteiger partial charge in [-0.25, -0.2) is 0 Å². The molecule has 2 atom stereocenters. The Morgan fingerprint density at radius 1 is 1.39 bits per heavy atom. The van der Waals surface area contributed by atoms with Gasteiger partial charge in [0, 0.05) is 12.6 Å². The van der Waals surface area contributed by atoms with E-state index >= 15 is 0 Å². The molecule has 1 rings (SSSR count). The molecule has 0 aliphatic carbocycles. The summed E-state index contributed by atoms with van der Waals surface area (Å²) in [5, 5.41) is 3.59. The van der Waals surface area contributed by atoms with E-state index in [0.717, 1.165) is 32.6 Å². The second-order valence-electron chi connectivity index (χ2n) is 6.29. The van der Waals surface area contributed by atoms with E-state index in [9.17, 15) is 0 Å². The smallest absolute Gasteiger partial charge is 0.0626 e. The molecule has 1 aliphatic heterocycles. The molecule has 0 aromatic heterocycles. The maximum Gasteiger partial charge on any atom is 0.0626 e. The van der Waals surface area contributed by atoms with Crippen molar-refractivity contribution in [3.63, 3.8) is 0 Å². The third-order valence-electron chi connectivity index (χ3n) is 3.26. The summed E-state index contributed by atoms with van der Waals surface area (Å²) in [7, 11) is 0. The van der Waals surface area contributed by atoms with Crippen LogP contribution < -0.4 is 5.32 Å². The summed E-state index contributed by atoms with van der Waals surface area (Å²) < 4.78 is 11.6. The number of rotatable bonds is 8. The van der Waals surface area contributed by atoms with Crippen molar-refractivity contribution in [2.75, 3.05) is 19.8 Å². The lowest BCUT2D eigenvalue weighted by Crippen LogP contribution is -2.37. The highest BCUT2D eigenvalue weighted by atomic mass is 16.5. The topological polar surface area (TPSA) is 30.5 Å². The van der Waals surface area contributed by atoms with E-state index in [1.54, 1.807) is 0 Å². The molecule has 0 aromatic rings. The Hall–Kier alpha value is -0.120. The van der Waals surface area contributed by atoms with Crippen molar-refractivity contribution in [2.45, 2.75) is 77.5 Å². The molecule has 0 bridgehead atoms. The van der Waals surface area contributed by atoms with Gasteiger partial charge in [-0.2, -0.15) is 0 Å². The summed E-state index contributed by atoms with van der Waals surface area (Å²) in [6.45, 7) is 11.4. The van der Waals surface area contributed by atoms with E-state index in [1.165, 1.54) is 19.3 Å². The molecule has 1 N–H and O–H groups in total. The summed E-state index contributed by atoms with van der Waals surface area (Å²) in [6, 6.07) is 0.466. The second-order valence-corrected chi connectivity index (χ2v) is 6.29. The Morgan fingerprint density at radius 3 is 2.72 bits per heavy atom. The van der Waals surface area contributed by atoms with Gasteiger partial charge in [0.2, 0.25) is 0 Å². The first-order chi connectivity index (χ1) is 8.51. The minimum absolute atomic E-state index is 0.0456. The zero-order chi connectivity index (χ0) is 13.4. The highest BCUT2D eigenvalue weighted by molar-refractivity contribution is 4.73. The van der Waals surface area contributed by atoms with Gasteiger partial charge >= 0.3 is 0 Å². The molecule has 3 nitrogen and oxygen atoms in total. The Labute approximate surface area is 113 Å². The predicted molar refractivity (Wildman–Crippen MR) is 76.0 cm³/mol.